The first-order chi connectivity index (χ1) is 15.1. The van der Waals surface area contributed by atoms with Crippen LogP contribution in [0.1, 0.15) is 33.0 Å². The lowest BCUT2D eigenvalue weighted by atomic mass is 10.1. The summed E-state index contributed by atoms with van der Waals surface area (Å²) in [5.41, 5.74) is 2.27. The molecule has 1 amide bonds. The molecule has 0 saturated carbocycles. The van der Waals surface area contributed by atoms with Gasteiger partial charge in [0.1, 0.15) is 0 Å². The van der Waals surface area contributed by atoms with Gasteiger partial charge in [-0.1, -0.05) is 17.7 Å². The molecule has 0 saturated heterocycles. The van der Waals surface area contributed by atoms with E-state index in [4.69, 9.17) is 11.6 Å². The predicted octanol–water partition coefficient (Wildman–Crippen LogP) is 5.42. The van der Waals surface area contributed by atoms with Gasteiger partial charge in [0.25, 0.3) is 5.91 Å². The highest BCUT2D eigenvalue weighted by Crippen LogP contribution is 2.31. The van der Waals surface area contributed by atoms with Crippen LogP contribution in [-0.4, -0.2) is 25.7 Å². The molecule has 1 aromatic carbocycles. The number of anilines is 1. The van der Waals surface area contributed by atoms with Gasteiger partial charge >= 0.3 is 6.18 Å². The Labute approximate surface area is 186 Å². The Morgan fingerprint density at radius 2 is 1.84 bits per heavy atom. The number of fused-ring (bicyclic) bond motifs is 1. The first kappa shape index (κ1) is 21.8. The average Bonchev–Trinajstić information content (AvgIpc) is 3.04. The molecule has 3 aromatic heterocycles. The Morgan fingerprint density at radius 1 is 1.12 bits per heavy atom. The molecule has 4 rings (SSSR count). The third-order valence-electron chi connectivity index (χ3n) is 4.84. The van der Waals surface area contributed by atoms with E-state index in [1.54, 1.807) is 11.6 Å². The maximum absolute atomic E-state index is 12.7. The van der Waals surface area contributed by atoms with E-state index < -0.39 is 17.6 Å². The number of aryl methyl sites for hydroxylation is 2. The molecule has 0 atom stereocenters. The van der Waals surface area contributed by atoms with Crippen molar-refractivity contribution < 1.29 is 18.0 Å². The molecule has 0 fully saturated rings. The zero-order chi connectivity index (χ0) is 23.0. The van der Waals surface area contributed by atoms with Gasteiger partial charge in [-0.2, -0.15) is 18.3 Å². The van der Waals surface area contributed by atoms with Crippen LogP contribution in [0.25, 0.3) is 11.0 Å². The summed E-state index contributed by atoms with van der Waals surface area (Å²) in [6, 6.07) is 9.83. The second-order valence-electron chi connectivity index (χ2n) is 7.23. The van der Waals surface area contributed by atoms with Crippen LogP contribution >= 0.6 is 11.6 Å². The molecule has 0 unspecified atom stereocenters. The monoisotopic (exact) mass is 459 g/mol. The summed E-state index contributed by atoms with van der Waals surface area (Å²) >= 11 is 6.52. The van der Waals surface area contributed by atoms with Gasteiger partial charge in [-0.25, -0.2) is 9.67 Å². The molecular weight excluding hydrogens is 443 g/mol. The van der Waals surface area contributed by atoms with Gasteiger partial charge in [0, 0.05) is 17.6 Å². The number of hydrogen-bond acceptors (Lipinski definition) is 4. The number of alkyl halides is 3. The summed E-state index contributed by atoms with van der Waals surface area (Å²) < 4.78 is 39.8. The molecular formula is C22H17ClF3N5O. The van der Waals surface area contributed by atoms with Crippen LogP contribution in [0.2, 0.25) is 5.02 Å². The topological polar surface area (TPSA) is 72.7 Å². The van der Waals surface area contributed by atoms with Crippen LogP contribution in [0, 0.1) is 13.8 Å². The summed E-state index contributed by atoms with van der Waals surface area (Å²) in [6.45, 7) is 4.03. The minimum absolute atomic E-state index is 0.0930. The highest BCUT2D eigenvalue weighted by atomic mass is 35.5. The van der Waals surface area contributed by atoms with E-state index in [2.05, 4.69) is 20.4 Å². The third kappa shape index (κ3) is 4.29. The lowest BCUT2D eigenvalue weighted by Gasteiger charge is -2.10. The Balaban J connectivity index is 1.62. The van der Waals surface area contributed by atoms with Crippen molar-refractivity contribution in [3.63, 3.8) is 0 Å². The molecule has 0 radical (unpaired) electrons. The largest absolute Gasteiger partial charge is 0.416 e. The Bertz CT molecular complexity index is 1320. The summed E-state index contributed by atoms with van der Waals surface area (Å²) in [5, 5.41) is 7.73. The number of aromatic nitrogens is 4. The fourth-order valence-corrected chi connectivity index (χ4v) is 3.68. The zero-order valence-corrected chi connectivity index (χ0v) is 17.8. The number of nitrogens with one attached hydrogen (secondary N) is 1. The van der Waals surface area contributed by atoms with Crippen molar-refractivity contribution >= 4 is 34.2 Å². The number of carbonyl (C=O) groups is 1. The smallest absolute Gasteiger partial charge is 0.322 e. The number of rotatable bonds is 4. The van der Waals surface area contributed by atoms with Crippen molar-refractivity contribution in [3.05, 3.63) is 81.9 Å². The van der Waals surface area contributed by atoms with E-state index >= 15 is 0 Å². The van der Waals surface area contributed by atoms with Crippen molar-refractivity contribution in [1.82, 2.24) is 19.7 Å². The highest BCUT2D eigenvalue weighted by Gasteiger charge is 2.30. The number of hydrogen-bond donors (Lipinski definition) is 1. The van der Waals surface area contributed by atoms with Crippen LogP contribution in [0.4, 0.5) is 18.9 Å². The molecule has 10 heteroatoms. The van der Waals surface area contributed by atoms with Gasteiger partial charge in [0.05, 0.1) is 39.5 Å². The SMILES string of the molecule is Cc1cccc(Cn2nc(C)c3c(Cl)c(C(=O)Nc4ccc(C(F)(F)F)cc4)cnc32)n1. The van der Waals surface area contributed by atoms with E-state index in [1.807, 2.05) is 25.1 Å². The number of benzene rings is 1. The normalized spacial score (nSPS) is 11.7. The maximum atomic E-state index is 12.7. The number of carbonyl (C=O) groups excluding carboxylic acids is 1. The van der Waals surface area contributed by atoms with Gasteiger partial charge in [0.15, 0.2) is 5.65 Å². The molecule has 4 aromatic rings. The summed E-state index contributed by atoms with van der Waals surface area (Å²) in [5.74, 6) is -0.586. The van der Waals surface area contributed by atoms with E-state index in [1.165, 1.54) is 18.3 Å². The summed E-state index contributed by atoms with van der Waals surface area (Å²) in [7, 11) is 0. The minimum atomic E-state index is -4.45. The second-order valence-corrected chi connectivity index (χ2v) is 7.61. The van der Waals surface area contributed by atoms with E-state index in [9.17, 15) is 18.0 Å². The fraction of sp³-hybridized carbons (Fsp3) is 0.182. The zero-order valence-electron chi connectivity index (χ0n) is 17.0. The van der Waals surface area contributed by atoms with Gasteiger partial charge in [-0.05, 0) is 50.2 Å². The highest BCUT2D eigenvalue weighted by molar-refractivity contribution is 6.39. The van der Waals surface area contributed by atoms with Crippen molar-refractivity contribution in [2.45, 2.75) is 26.6 Å². The Morgan fingerprint density at radius 3 is 2.50 bits per heavy atom. The lowest BCUT2D eigenvalue weighted by molar-refractivity contribution is -0.137. The van der Waals surface area contributed by atoms with Crippen LogP contribution < -0.4 is 5.32 Å². The molecule has 0 aliphatic carbocycles. The maximum Gasteiger partial charge on any atom is 0.416 e. The second kappa shape index (κ2) is 8.23. The number of pyridine rings is 2. The van der Waals surface area contributed by atoms with Gasteiger partial charge in [-0.3, -0.25) is 9.78 Å². The Hall–Kier alpha value is -3.46. The molecule has 1 N–H and O–H groups in total. The predicted molar refractivity (Wildman–Crippen MR) is 115 cm³/mol. The first-order valence-corrected chi connectivity index (χ1v) is 9.94. The van der Waals surface area contributed by atoms with Crippen LogP contribution in [0.15, 0.2) is 48.7 Å². The lowest BCUT2D eigenvalue weighted by Crippen LogP contribution is -2.14. The summed E-state index contributed by atoms with van der Waals surface area (Å²) in [4.78, 5) is 21.5. The van der Waals surface area contributed by atoms with Gasteiger partial charge in [0.2, 0.25) is 0 Å². The molecule has 0 aliphatic rings. The van der Waals surface area contributed by atoms with Crippen molar-refractivity contribution in [1.29, 1.82) is 0 Å². The fourth-order valence-electron chi connectivity index (χ4n) is 3.33. The van der Waals surface area contributed by atoms with E-state index in [-0.39, 0.29) is 16.3 Å². The van der Waals surface area contributed by atoms with Crippen LogP contribution in [0.3, 0.4) is 0 Å². The number of amides is 1. The van der Waals surface area contributed by atoms with Crippen LogP contribution in [-0.2, 0) is 12.7 Å². The molecule has 3 heterocycles. The van der Waals surface area contributed by atoms with Crippen molar-refractivity contribution in [2.75, 3.05) is 5.32 Å². The van der Waals surface area contributed by atoms with E-state index in [0.717, 1.165) is 23.5 Å². The third-order valence-corrected chi connectivity index (χ3v) is 5.24. The Kier molecular flexibility index (Phi) is 5.60. The number of halogens is 4. The number of nitrogens with zero attached hydrogens (tertiary/aromatic N) is 4. The van der Waals surface area contributed by atoms with Crippen LogP contribution in [0.5, 0.6) is 0 Å². The van der Waals surface area contributed by atoms with E-state index in [0.29, 0.717) is 23.3 Å². The minimum Gasteiger partial charge on any atom is -0.322 e. The first-order valence-electron chi connectivity index (χ1n) is 9.56. The van der Waals surface area contributed by atoms with Crippen molar-refractivity contribution in [2.24, 2.45) is 0 Å². The van der Waals surface area contributed by atoms with Crippen molar-refractivity contribution in [3.8, 4) is 0 Å². The quantitative estimate of drug-likeness (QED) is 0.442. The molecule has 164 valence electrons. The van der Waals surface area contributed by atoms with Gasteiger partial charge in [-0.15, -0.1) is 0 Å². The molecule has 0 spiro atoms. The standard InChI is InChI=1S/C22H17ClF3N5O/c1-12-4-3-5-16(28-12)11-31-20-18(13(2)30-31)19(23)17(10-27-20)21(32)29-15-8-6-14(7-9-15)22(24,25)26/h3-10H,11H2,1-2H3,(H,29,32). The average molecular weight is 460 g/mol. The molecule has 0 bridgehead atoms. The molecule has 6 nitrogen and oxygen atoms in total. The molecule has 32 heavy (non-hydrogen) atoms. The molecule has 0 aliphatic heterocycles. The van der Waals surface area contributed by atoms with Gasteiger partial charge < -0.3 is 5.32 Å². The summed E-state index contributed by atoms with van der Waals surface area (Å²) in [6.07, 6.45) is -3.13.